The summed E-state index contributed by atoms with van der Waals surface area (Å²) in [6.07, 6.45) is 46.8. The van der Waals surface area contributed by atoms with Crippen LogP contribution in [0, 0.1) is 5.92 Å². The van der Waals surface area contributed by atoms with Gasteiger partial charge in [-0.15, -0.1) is 0 Å². The van der Waals surface area contributed by atoms with Gasteiger partial charge in [0.25, 0.3) is 0 Å². The maximum absolute atomic E-state index is 14.2. The minimum Gasteiger partial charge on any atom is -1.00 e. The fourth-order valence-electron chi connectivity index (χ4n) is 8.85. The second-order valence-electron chi connectivity index (χ2n) is 21.6. The standard InChI is InChI=1S/C59H124N2O11P2.2ClH/c1-5-8-11-14-17-20-23-26-29-32-35-39-46-65-51-57(4)52-71-74(64,68-49-43-45-61)72-54-58(62)53-69-73(63,50-42-38-44-60)70-56-59(67-48-41-37-34-31-28-25-22-19-16-13-10-7-3)55-66-47-40-36-33-30-27-24-21-18-15-12-9-6-2;;/h57-59,62H,5-56,60-61H2,1-4H3;2*1H. The number of phosphoric ester groups is 1. The van der Waals surface area contributed by atoms with Crippen LogP contribution in [-0.2, 0) is 46.0 Å². The first-order chi connectivity index (χ1) is 36.2. The van der Waals surface area contributed by atoms with Crippen LogP contribution in [0.3, 0.4) is 0 Å². The fraction of sp³-hybridized carbons (Fsp3) is 1.00. The highest BCUT2D eigenvalue weighted by Crippen LogP contribution is 2.51. The van der Waals surface area contributed by atoms with Gasteiger partial charge in [0.05, 0.1) is 65.5 Å². The van der Waals surface area contributed by atoms with E-state index in [1.807, 2.05) is 6.92 Å². The van der Waals surface area contributed by atoms with E-state index in [0.29, 0.717) is 59.0 Å². The zero-order chi connectivity index (χ0) is 54.2. The Labute approximate surface area is 482 Å². The van der Waals surface area contributed by atoms with Crippen molar-refractivity contribution in [2.75, 3.05) is 85.3 Å². The summed E-state index contributed by atoms with van der Waals surface area (Å²) < 4.78 is 75.5. The van der Waals surface area contributed by atoms with Gasteiger partial charge in [0.1, 0.15) is 12.2 Å². The van der Waals surface area contributed by atoms with E-state index in [-0.39, 0.29) is 63.3 Å². The number of phosphoric acid groups is 1. The van der Waals surface area contributed by atoms with Crippen LogP contribution in [0.1, 0.15) is 278 Å². The van der Waals surface area contributed by atoms with Crippen molar-refractivity contribution >= 4 is 15.4 Å². The third kappa shape index (κ3) is 57.8. The molecule has 0 saturated carbocycles. The molecule has 462 valence electrons. The van der Waals surface area contributed by atoms with Crippen LogP contribution in [-0.4, -0.2) is 103 Å². The van der Waals surface area contributed by atoms with Crippen molar-refractivity contribution in [2.24, 2.45) is 5.92 Å². The first-order valence-corrected chi connectivity index (χ1v) is 34.8. The third-order valence-electron chi connectivity index (χ3n) is 13.8. The zero-order valence-corrected chi connectivity index (χ0v) is 53.4. The molecule has 76 heavy (non-hydrogen) atoms. The molecular formula is C59H126Cl2N2O11P2. The molecule has 0 spiro atoms. The molecule has 7 N–H and O–H groups in total. The lowest BCUT2D eigenvalue weighted by Crippen LogP contribution is -3.00. The Balaban J connectivity index is -0.0000266. The van der Waals surface area contributed by atoms with Crippen LogP contribution in [0.4, 0.5) is 0 Å². The van der Waals surface area contributed by atoms with Crippen LogP contribution in [0.5, 0.6) is 0 Å². The lowest BCUT2D eigenvalue weighted by molar-refractivity contribution is -0.369. The molecule has 0 aliphatic heterocycles. The molecule has 17 heteroatoms. The average Bonchev–Trinajstić information content (AvgIpc) is 3.40. The Morgan fingerprint density at radius 1 is 0.368 bits per heavy atom. The van der Waals surface area contributed by atoms with Gasteiger partial charge in [0, 0.05) is 32.2 Å². The van der Waals surface area contributed by atoms with Crippen molar-refractivity contribution in [3.05, 3.63) is 0 Å². The number of hydrogen-bond donors (Lipinski definition) is 3. The molecule has 0 aliphatic rings. The topological polar surface area (TPSA) is 183 Å². The van der Waals surface area contributed by atoms with Gasteiger partial charge in [-0.3, -0.25) is 18.1 Å². The van der Waals surface area contributed by atoms with E-state index < -0.39 is 34.2 Å². The van der Waals surface area contributed by atoms with Crippen molar-refractivity contribution in [3.63, 3.8) is 0 Å². The fourth-order valence-corrected chi connectivity index (χ4v) is 12.0. The number of ether oxygens (including phenoxy) is 3. The van der Waals surface area contributed by atoms with E-state index in [4.69, 9.17) is 36.8 Å². The van der Waals surface area contributed by atoms with Crippen molar-refractivity contribution in [1.29, 1.82) is 0 Å². The highest BCUT2D eigenvalue weighted by molar-refractivity contribution is 7.53. The maximum Gasteiger partial charge on any atom is 0.474 e. The Hall–Kier alpha value is 0.600. The van der Waals surface area contributed by atoms with Gasteiger partial charge in [-0.05, 0) is 32.1 Å². The Morgan fingerprint density at radius 3 is 1.14 bits per heavy atom. The summed E-state index contributed by atoms with van der Waals surface area (Å²) in [4.78, 5) is 0. The molecule has 0 aromatic rings. The number of aliphatic hydroxyl groups is 1. The number of hydrogen-bond acceptors (Lipinski definition) is 11. The van der Waals surface area contributed by atoms with E-state index >= 15 is 0 Å². The van der Waals surface area contributed by atoms with E-state index in [9.17, 15) is 14.2 Å². The maximum atomic E-state index is 14.2. The van der Waals surface area contributed by atoms with Crippen molar-refractivity contribution < 1.29 is 87.3 Å². The smallest absolute Gasteiger partial charge is 0.474 e. The lowest BCUT2D eigenvalue weighted by atomic mass is 10.1. The molecule has 0 heterocycles. The number of rotatable bonds is 64. The molecule has 0 radical (unpaired) electrons. The molecular weight excluding hydrogens is 1050 g/mol. The number of halogens is 2. The molecule has 0 fully saturated rings. The molecule has 0 saturated heterocycles. The number of unbranched alkanes of at least 4 members (excludes halogenated alkanes) is 34. The lowest BCUT2D eigenvalue weighted by Gasteiger charge is -2.24. The molecule has 0 aromatic heterocycles. The van der Waals surface area contributed by atoms with Crippen molar-refractivity contribution in [3.8, 4) is 0 Å². The van der Waals surface area contributed by atoms with Crippen LogP contribution in [0.15, 0.2) is 0 Å². The first kappa shape index (κ1) is 80.8. The van der Waals surface area contributed by atoms with Crippen LogP contribution in [0.2, 0.25) is 0 Å². The van der Waals surface area contributed by atoms with Crippen molar-refractivity contribution in [1.82, 2.24) is 0 Å². The third-order valence-corrected chi connectivity index (χ3v) is 17.2. The Kier molecular flexibility index (Phi) is 67.2. The Bertz CT molecular complexity index is 1220. The molecule has 0 amide bonds. The summed E-state index contributed by atoms with van der Waals surface area (Å²) in [7, 11) is -7.71. The monoisotopic (exact) mass is 1170 g/mol. The van der Waals surface area contributed by atoms with Gasteiger partial charge in [0.2, 0.25) is 0 Å². The van der Waals surface area contributed by atoms with Gasteiger partial charge >= 0.3 is 15.4 Å². The van der Waals surface area contributed by atoms with E-state index in [0.717, 1.165) is 44.9 Å². The number of quaternary nitrogens is 2. The van der Waals surface area contributed by atoms with Gasteiger partial charge < -0.3 is 64.6 Å². The van der Waals surface area contributed by atoms with E-state index in [1.165, 1.54) is 193 Å². The van der Waals surface area contributed by atoms with Gasteiger partial charge in [0.15, 0.2) is 0 Å². The highest BCUT2D eigenvalue weighted by atomic mass is 35.5. The summed E-state index contributed by atoms with van der Waals surface area (Å²) in [5.41, 5.74) is 7.80. The summed E-state index contributed by atoms with van der Waals surface area (Å²) in [5.74, 6) is -0.0487. The summed E-state index contributed by atoms with van der Waals surface area (Å²) in [6, 6.07) is 0. The quantitative estimate of drug-likeness (QED) is 0.0390. The largest absolute Gasteiger partial charge is 1.00 e. The molecule has 0 aliphatic carbocycles. The molecule has 0 aromatic carbocycles. The average molecular weight is 1170 g/mol. The predicted octanol–water partition coefficient (Wildman–Crippen LogP) is 9.55. The number of aliphatic hydroxyl groups excluding tert-OH is 1. The molecule has 5 unspecified atom stereocenters. The van der Waals surface area contributed by atoms with Crippen LogP contribution < -0.4 is 36.3 Å². The SMILES string of the molecule is CCCCCCCCCCCCCCOCC(C)COP(=O)(OCCC[NH3+])OCC(O)COP(=O)(CCCC[NH3+])OCC(COCCCCCCCCCCCCCC)OCCCCCCCCCCCCCC.[Cl-].[Cl-]. The second-order valence-corrected chi connectivity index (χ2v) is 25.5. The predicted molar refractivity (Wildman–Crippen MR) is 309 cm³/mol. The minimum atomic E-state index is -4.04. The second kappa shape index (κ2) is 63.2. The summed E-state index contributed by atoms with van der Waals surface area (Å²) >= 11 is 0. The molecule has 0 bridgehead atoms. The minimum absolute atomic E-state index is 0. The van der Waals surface area contributed by atoms with E-state index in [2.05, 4.69) is 32.2 Å². The van der Waals surface area contributed by atoms with Crippen LogP contribution in [0.25, 0.3) is 0 Å². The van der Waals surface area contributed by atoms with Crippen molar-refractivity contribution in [2.45, 2.75) is 290 Å². The molecule has 5 atom stereocenters. The Morgan fingerprint density at radius 2 is 0.724 bits per heavy atom. The highest BCUT2D eigenvalue weighted by Gasteiger charge is 2.31. The van der Waals surface area contributed by atoms with Gasteiger partial charge in [-0.1, -0.05) is 240 Å². The van der Waals surface area contributed by atoms with Gasteiger partial charge in [-0.25, -0.2) is 4.57 Å². The normalized spacial score (nSPS) is 14.5. The first-order valence-electron chi connectivity index (χ1n) is 31.6. The molecule has 13 nitrogen and oxygen atoms in total. The van der Waals surface area contributed by atoms with Gasteiger partial charge in [-0.2, -0.15) is 0 Å². The molecule has 0 rings (SSSR count). The zero-order valence-electron chi connectivity index (χ0n) is 50.1. The van der Waals surface area contributed by atoms with Crippen LogP contribution >= 0.6 is 15.4 Å². The summed E-state index contributed by atoms with van der Waals surface area (Å²) in [6.45, 7) is 12.4. The van der Waals surface area contributed by atoms with E-state index in [1.54, 1.807) is 0 Å². The summed E-state index contributed by atoms with van der Waals surface area (Å²) in [5, 5.41) is 11.0.